The highest BCUT2D eigenvalue weighted by molar-refractivity contribution is 5.92. The summed E-state index contributed by atoms with van der Waals surface area (Å²) in [6, 6.07) is 10.5. The number of benzene rings is 2. The number of ether oxygens (including phenoxy) is 2. The fourth-order valence-electron chi connectivity index (χ4n) is 5.11. The van der Waals surface area contributed by atoms with Gasteiger partial charge in [0.25, 0.3) is 0 Å². The predicted octanol–water partition coefficient (Wildman–Crippen LogP) is 3.03. The number of phenols is 1. The second-order valence-electron chi connectivity index (χ2n) is 8.61. The molecule has 1 heterocycles. The molecule has 5 rings (SSSR count). The molecule has 3 aromatic rings. The van der Waals surface area contributed by atoms with Gasteiger partial charge in [0.15, 0.2) is 11.5 Å². The van der Waals surface area contributed by atoms with Crippen LogP contribution in [0.4, 0.5) is 5.82 Å². The number of fused-ring (bicyclic) bond motifs is 3. The molecule has 0 saturated heterocycles. The quantitative estimate of drug-likeness (QED) is 0.477. The van der Waals surface area contributed by atoms with Crippen molar-refractivity contribution in [3.05, 3.63) is 59.9 Å². The summed E-state index contributed by atoms with van der Waals surface area (Å²) in [6.07, 6.45) is 5.59. The molecular formula is C25H26N4O4. The Morgan fingerprint density at radius 2 is 1.88 bits per heavy atom. The van der Waals surface area contributed by atoms with Crippen LogP contribution in [0.15, 0.2) is 48.6 Å². The van der Waals surface area contributed by atoms with Crippen LogP contribution in [0.25, 0.3) is 10.9 Å². The average molecular weight is 447 g/mol. The molecule has 4 atom stereocenters. The van der Waals surface area contributed by atoms with E-state index in [1.165, 1.54) is 0 Å². The number of hydrogen-bond acceptors (Lipinski definition) is 7. The predicted molar refractivity (Wildman–Crippen MR) is 124 cm³/mol. The Kier molecular flexibility index (Phi) is 5.28. The van der Waals surface area contributed by atoms with Crippen LogP contribution >= 0.6 is 0 Å². The Hall–Kier alpha value is -3.81. The van der Waals surface area contributed by atoms with E-state index in [1.807, 2.05) is 18.2 Å². The molecule has 0 aliphatic heterocycles. The summed E-state index contributed by atoms with van der Waals surface area (Å²) in [4.78, 5) is 21.8. The number of aromatic nitrogens is 2. The molecule has 0 spiro atoms. The number of methoxy groups -OCH3 is 2. The third kappa shape index (κ3) is 3.82. The number of carbonyl (C=O) groups is 1. The second kappa shape index (κ2) is 8.27. The minimum absolute atomic E-state index is 0.141. The van der Waals surface area contributed by atoms with Gasteiger partial charge in [-0.3, -0.25) is 4.79 Å². The normalized spacial score (nSPS) is 23.1. The van der Waals surface area contributed by atoms with E-state index in [-0.39, 0.29) is 35.5 Å². The van der Waals surface area contributed by atoms with Crippen molar-refractivity contribution >= 4 is 22.6 Å². The monoisotopic (exact) mass is 446 g/mol. The van der Waals surface area contributed by atoms with Gasteiger partial charge < -0.3 is 25.6 Å². The van der Waals surface area contributed by atoms with Crippen molar-refractivity contribution < 1.29 is 19.4 Å². The Labute approximate surface area is 191 Å². The van der Waals surface area contributed by atoms with Gasteiger partial charge in [-0.05, 0) is 42.0 Å². The lowest BCUT2D eigenvalue weighted by Crippen LogP contribution is -2.41. The molecule has 170 valence electrons. The molecule has 2 bridgehead atoms. The molecule has 8 nitrogen and oxygen atoms in total. The maximum Gasteiger partial charge on any atom is 0.223 e. The van der Waals surface area contributed by atoms with Gasteiger partial charge in [0, 0.05) is 23.9 Å². The van der Waals surface area contributed by atoms with Gasteiger partial charge in [0.05, 0.1) is 25.7 Å². The Morgan fingerprint density at radius 3 is 2.61 bits per heavy atom. The summed E-state index contributed by atoms with van der Waals surface area (Å²) in [5.41, 5.74) is 7.34. The number of nitrogens with two attached hydrogens (primary N) is 1. The summed E-state index contributed by atoms with van der Waals surface area (Å²) in [5, 5.41) is 14.1. The lowest BCUT2D eigenvalue weighted by molar-refractivity contribution is -0.122. The Bertz CT molecular complexity index is 1260. The van der Waals surface area contributed by atoms with Crippen molar-refractivity contribution in [3.63, 3.8) is 0 Å². The van der Waals surface area contributed by atoms with E-state index in [0.29, 0.717) is 35.1 Å². The van der Waals surface area contributed by atoms with Gasteiger partial charge in [-0.25, -0.2) is 9.97 Å². The zero-order valence-corrected chi connectivity index (χ0v) is 18.5. The van der Waals surface area contributed by atoms with E-state index in [9.17, 15) is 9.90 Å². The average Bonchev–Trinajstić information content (AvgIpc) is 3.40. The first-order valence-electron chi connectivity index (χ1n) is 10.9. The Morgan fingerprint density at radius 1 is 1.12 bits per heavy atom. The third-order valence-electron chi connectivity index (χ3n) is 6.61. The van der Waals surface area contributed by atoms with Gasteiger partial charge in [0.2, 0.25) is 5.91 Å². The highest BCUT2D eigenvalue weighted by Crippen LogP contribution is 2.45. The third-order valence-corrected chi connectivity index (χ3v) is 6.61. The van der Waals surface area contributed by atoms with Crippen LogP contribution in [-0.2, 0) is 11.2 Å². The number of allylic oxidation sites excluding steroid dienone is 1. The Balaban J connectivity index is 1.60. The van der Waals surface area contributed by atoms with E-state index in [1.54, 1.807) is 32.4 Å². The minimum Gasteiger partial charge on any atom is -0.508 e. The van der Waals surface area contributed by atoms with Crippen molar-refractivity contribution in [3.8, 4) is 17.2 Å². The lowest BCUT2D eigenvalue weighted by Gasteiger charge is -2.27. The number of anilines is 1. The topological polar surface area (TPSA) is 120 Å². The summed E-state index contributed by atoms with van der Waals surface area (Å²) < 4.78 is 11.0. The van der Waals surface area contributed by atoms with Crippen LogP contribution in [0.5, 0.6) is 17.2 Å². The molecule has 1 fully saturated rings. The van der Waals surface area contributed by atoms with E-state index in [4.69, 9.17) is 25.2 Å². The fourth-order valence-corrected chi connectivity index (χ4v) is 5.11. The number of aromatic hydroxyl groups is 1. The van der Waals surface area contributed by atoms with E-state index >= 15 is 0 Å². The van der Waals surface area contributed by atoms with Crippen molar-refractivity contribution in [2.24, 2.45) is 23.5 Å². The number of carbonyl (C=O) groups excluding carboxylic acids is 1. The van der Waals surface area contributed by atoms with Crippen LogP contribution in [0.3, 0.4) is 0 Å². The zero-order chi connectivity index (χ0) is 23.1. The highest BCUT2D eigenvalue weighted by Gasteiger charge is 2.47. The van der Waals surface area contributed by atoms with Gasteiger partial charge >= 0.3 is 0 Å². The van der Waals surface area contributed by atoms with Crippen molar-refractivity contribution in [1.82, 2.24) is 9.97 Å². The van der Waals surface area contributed by atoms with Gasteiger partial charge in [-0.2, -0.15) is 0 Å². The standard InChI is InChI=1S/C25H26N4O4/c1-32-19-11-17-18(12-20(19)33-2)27-21(9-13-4-3-5-16(30)8-13)28-25(17)29-23-15-7-6-14(10-15)22(23)24(26)31/h3-8,11-12,14-15,22-23,30H,9-10H2,1-2H3,(H2,26,31)(H,27,28,29). The van der Waals surface area contributed by atoms with Gasteiger partial charge in [-0.15, -0.1) is 0 Å². The van der Waals surface area contributed by atoms with E-state index in [0.717, 1.165) is 17.4 Å². The number of nitrogens with zero attached hydrogens (tertiary/aromatic N) is 2. The molecule has 2 aliphatic carbocycles. The number of nitrogens with one attached hydrogen (secondary N) is 1. The number of rotatable bonds is 7. The molecule has 0 radical (unpaired) electrons. The first-order chi connectivity index (χ1) is 16.0. The molecule has 4 unspecified atom stereocenters. The molecule has 1 amide bonds. The number of phenolic OH excluding ortho intramolecular Hbond substituents is 1. The van der Waals surface area contributed by atoms with Gasteiger partial charge in [0.1, 0.15) is 17.4 Å². The SMILES string of the molecule is COc1cc2nc(Cc3cccc(O)c3)nc(NC3C4C=CC(C4)C3C(N)=O)c2cc1OC. The van der Waals surface area contributed by atoms with E-state index < -0.39 is 0 Å². The zero-order valence-electron chi connectivity index (χ0n) is 18.5. The van der Waals surface area contributed by atoms with Crippen molar-refractivity contribution in [2.45, 2.75) is 18.9 Å². The second-order valence-corrected chi connectivity index (χ2v) is 8.61. The molecule has 1 aromatic heterocycles. The van der Waals surface area contributed by atoms with Crippen LogP contribution < -0.4 is 20.5 Å². The smallest absolute Gasteiger partial charge is 0.223 e. The maximum absolute atomic E-state index is 12.2. The number of primary amides is 1. The first kappa shape index (κ1) is 21.1. The molecule has 4 N–H and O–H groups in total. The van der Waals surface area contributed by atoms with Crippen LogP contribution in [0.2, 0.25) is 0 Å². The van der Waals surface area contributed by atoms with Crippen LogP contribution in [-0.4, -0.2) is 41.2 Å². The summed E-state index contributed by atoms with van der Waals surface area (Å²) in [5.74, 6) is 2.29. The molecule has 1 saturated carbocycles. The van der Waals surface area contributed by atoms with E-state index in [2.05, 4.69) is 17.5 Å². The lowest BCUT2D eigenvalue weighted by atomic mass is 9.88. The highest BCUT2D eigenvalue weighted by atomic mass is 16.5. The minimum atomic E-state index is -0.304. The molecule has 2 aromatic carbocycles. The van der Waals surface area contributed by atoms with Crippen molar-refractivity contribution in [2.75, 3.05) is 19.5 Å². The summed E-state index contributed by atoms with van der Waals surface area (Å²) in [6.45, 7) is 0. The maximum atomic E-state index is 12.2. The first-order valence-corrected chi connectivity index (χ1v) is 10.9. The number of hydrogen-bond donors (Lipinski definition) is 3. The van der Waals surface area contributed by atoms with Crippen LogP contribution in [0.1, 0.15) is 17.8 Å². The molecular weight excluding hydrogens is 420 g/mol. The largest absolute Gasteiger partial charge is 0.508 e. The molecule has 2 aliphatic rings. The number of amides is 1. The van der Waals surface area contributed by atoms with Gasteiger partial charge in [-0.1, -0.05) is 24.3 Å². The summed E-state index contributed by atoms with van der Waals surface area (Å²) in [7, 11) is 3.16. The van der Waals surface area contributed by atoms with Crippen LogP contribution in [0, 0.1) is 17.8 Å². The summed E-state index contributed by atoms with van der Waals surface area (Å²) >= 11 is 0. The van der Waals surface area contributed by atoms with Crippen molar-refractivity contribution in [1.29, 1.82) is 0 Å². The fraction of sp³-hybridized carbons (Fsp3) is 0.320. The molecule has 33 heavy (non-hydrogen) atoms. The molecule has 8 heteroatoms.